The van der Waals surface area contributed by atoms with Crippen LogP contribution in [0.5, 0.6) is 0 Å². The summed E-state index contributed by atoms with van der Waals surface area (Å²) in [5.74, 6) is -8.97. The molecule has 2 aliphatic rings. The van der Waals surface area contributed by atoms with Crippen molar-refractivity contribution in [1.82, 2.24) is 26.2 Å². The number of ketones is 5. The number of carbonyl (C=O) groups is 11. The van der Waals surface area contributed by atoms with Gasteiger partial charge in [0, 0.05) is 82.7 Å². The zero-order chi connectivity index (χ0) is 50.4. The first-order valence-electron chi connectivity index (χ1n) is 23.9. The topological polar surface area (TPSA) is 311 Å². The maximum Gasteiger partial charge on any atom is 0.306 e. The molecule has 0 aromatic carbocycles. The smallest absolute Gasteiger partial charge is 0.306 e. The van der Waals surface area contributed by atoms with E-state index in [0.29, 0.717) is 45.2 Å². The standard InChI is InChI=1S/C47H76FN7O12/c1-27(2)19-31(46(65)53-29(5)38(57)13-16-44(63)55-18-8-10-37(55)41(60)22-30(47(66)67)9-6-7-17-49)21-34(56)26-52-45(64)32(20-28(3)4)23-40(59)35(11-14-42(50)61)54-43(62)15-12-39(58)36-24-33(48)25-51-36/h27-33,35-37,51H,6-26,49H2,1-5H3,(H2,50,61)(H,52,64)(H,53,65)(H,54,62)(H,66,67)/t29-,30+,31+,32+,33+,35-,36-,37-/m0/s1. The monoisotopic (exact) mass is 950 g/mol. The Morgan fingerprint density at radius 2 is 1.40 bits per heavy atom. The van der Waals surface area contributed by atoms with Gasteiger partial charge < -0.3 is 42.7 Å². The van der Waals surface area contributed by atoms with Gasteiger partial charge in [0.25, 0.3) is 0 Å². The van der Waals surface area contributed by atoms with E-state index in [9.17, 15) is 62.2 Å². The Kier molecular flexibility index (Phi) is 25.8. The molecule has 8 atom stereocenters. The summed E-state index contributed by atoms with van der Waals surface area (Å²) in [6.07, 6.45) is -0.307. The number of likely N-dealkylation sites (tertiary alicyclic amines) is 1. The maximum atomic E-state index is 13.6. The van der Waals surface area contributed by atoms with Crippen LogP contribution >= 0.6 is 0 Å². The lowest BCUT2D eigenvalue weighted by molar-refractivity contribution is -0.145. The number of carboxylic acid groups (broad SMARTS) is 1. The predicted octanol–water partition coefficient (Wildman–Crippen LogP) is 1.78. The summed E-state index contributed by atoms with van der Waals surface area (Å²) in [6, 6.07) is -3.68. The van der Waals surface area contributed by atoms with Crippen LogP contribution in [0.3, 0.4) is 0 Å². The zero-order valence-electron chi connectivity index (χ0n) is 40.0. The molecule has 2 aliphatic heterocycles. The first-order chi connectivity index (χ1) is 31.5. The van der Waals surface area contributed by atoms with Gasteiger partial charge in [0.05, 0.1) is 36.6 Å². The van der Waals surface area contributed by atoms with E-state index in [1.165, 1.54) is 11.8 Å². The number of rotatable bonds is 34. The molecule has 0 unspecified atom stereocenters. The number of carbonyl (C=O) groups excluding carboxylic acids is 10. The van der Waals surface area contributed by atoms with Gasteiger partial charge in [0.1, 0.15) is 12.0 Å². The third-order valence-corrected chi connectivity index (χ3v) is 12.3. The van der Waals surface area contributed by atoms with Gasteiger partial charge in [-0.05, 0) is 70.3 Å². The summed E-state index contributed by atoms with van der Waals surface area (Å²) in [5, 5.41) is 20.2. The molecule has 0 aliphatic carbocycles. The second-order valence-electron chi connectivity index (χ2n) is 19.1. The summed E-state index contributed by atoms with van der Waals surface area (Å²) in [5.41, 5.74) is 10.8. The van der Waals surface area contributed by atoms with E-state index < -0.39 is 107 Å². The minimum Gasteiger partial charge on any atom is -0.481 e. The Labute approximate surface area is 393 Å². The number of primary amides is 1. The minimum atomic E-state index is -1.20. The number of Topliss-reactive ketones (excluding diaryl/α,β-unsaturated/α-hetero) is 5. The van der Waals surface area contributed by atoms with Gasteiger partial charge in [-0.2, -0.15) is 0 Å². The summed E-state index contributed by atoms with van der Waals surface area (Å²) >= 11 is 0. The van der Waals surface area contributed by atoms with Crippen molar-refractivity contribution in [3.05, 3.63) is 0 Å². The van der Waals surface area contributed by atoms with Gasteiger partial charge in [-0.3, -0.25) is 52.7 Å². The number of carboxylic acids is 1. The van der Waals surface area contributed by atoms with Gasteiger partial charge in [0.2, 0.25) is 29.5 Å². The van der Waals surface area contributed by atoms with Crippen molar-refractivity contribution in [3.63, 3.8) is 0 Å². The number of unbranched alkanes of at least 4 members (excludes halogenated alkanes) is 1. The molecule has 378 valence electrons. The molecule has 2 saturated heterocycles. The van der Waals surface area contributed by atoms with Crippen molar-refractivity contribution < 1.29 is 62.2 Å². The summed E-state index contributed by atoms with van der Waals surface area (Å²) in [6.45, 7) is 9.15. The molecule has 2 fully saturated rings. The number of alkyl halides is 1. The van der Waals surface area contributed by atoms with Crippen LogP contribution in [-0.2, 0) is 52.7 Å². The van der Waals surface area contributed by atoms with Crippen molar-refractivity contribution in [1.29, 1.82) is 0 Å². The van der Waals surface area contributed by atoms with Crippen molar-refractivity contribution in [2.45, 2.75) is 174 Å². The van der Waals surface area contributed by atoms with Crippen LogP contribution < -0.4 is 32.7 Å². The molecule has 0 bridgehead atoms. The molecule has 5 amide bonds. The fourth-order valence-corrected chi connectivity index (χ4v) is 8.61. The van der Waals surface area contributed by atoms with E-state index >= 15 is 0 Å². The van der Waals surface area contributed by atoms with Gasteiger partial charge in [0.15, 0.2) is 23.1 Å². The van der Waals surface area contributed by atoms with Crippen molar-refractivity contribution >= 4 is 64.4 Å². The number of nitrogens with one attached hydrogen (secondary N) is 4. The van der Waals surface area contributed by atoms with Crippen molar-refractivity contribution in [2.75, 3.05) is 26.2 Å². The van der Waals surface area contributed by atoms with Crippen LogP contribution in [0.2, 0.25) is 0 Å². The highest BCUT2D eigenvalue weighted by molar-refractivity contribution is 5.97. The van der Waals surface area contributed by atoms with Gasteiger partial charge in [-0.25, -0.2) is 4.39 Å². The molecule has 2 rings (SSSR count). The number of aliphatic carboxylic acids is 1. The Balaban J connectivity index is 1.98. The van der Waals surface area contributed by atoms with Crippen LogP contribution in [-0.4, -0.2) is 131 Å². The summed E-state index contributed by atoms with van der Waals surface area (Å²) in [7, 11) is 0. The Morgan fingerprint density at radius 1 is 0.746 bits per heavy atom. The number of hydrogen-bond acceptors (Lipinski definition) is 13. The van der Waals surface area contributed by atoms with E-state index in [1.807, 2.05) is 27.7 Å². The first-order valence-corrected chi connectivity index (χ1v) is 23.9. The molecule has 9 N–H and O–H groups in total. The number of hydrogen-bond donors (Lipinski definition) is 7. The first kappa shape index (κ1) is 58.1. The lowest BCUT2D eigenvalue weighted by Gasteiger charge is -2.25. The highest BCUT2D eigenvalue weighted by Gasteiger charge is 2.37. The van der Waals surface area contributed by atoms with Crippen molar-refractivity contribution in [3.8, 4) is 0 Å². The zero-order valence-corrected chi connectivity index (χ0v) is 40.0. The van der Waals surface area contributed by atoms with E-state index in [1.54, 1.807) is 0 Å². The third-order valence-electron chi connectivity index (χ3n) is 12.3. The van der Waals surface area contributed by atoms with E-state index in [4.69, 9.17) is 11.5 Å². The van der Waals surface area contributed by atoms with Crippen LogP contribution in [0.15, 0.2) is 0 Å². The molecule has 0 saturated carbocycles. The van der Waals surface area contributed by atoms with Gasteiger partial charge in [-0.15, -0.1) is 0 Å². The Bertz CT molecular complexity index is 1760. The summed E-state index contributed by atoms with van der Waals surface area (Å²) in [4.78, 5) is 143. The minimum absolute atomic E-state index is 0.0126. The quantitative estimate of drug-likeness (QED) is 0.0453. The predicted molar refractivity (Wildman–Crippen MR) is 244 cm³/mol. The number of amides is 5. The second-order valence-corrected chi connectivity index (χ2v) is 19.1. The van der Waals surface area contributed by atoms with E-state index in [2.05, 4.69) is 21.3 Å². The van der Waals surface area contributed by atoms with E-state index in [0.717, 1.165) is 0 Å². The highest BCUT2D eigenvalue weighted by Crippen LogP contribution is 2.25. The average molecular weight is 950 g/mol. The van der Waals surface area contributed by atoms with Crippen LogP contribution in [0, 0.1) is 29.6 Å². The molecule has 20 heteroatoms. The number of nitrogens with two attached hydrogens (primary N) is 2. The number of halogens is 1. The van der Waals surface area contributed by atoms with Crippen molar-refractivity contribution in [2.24, 2.45) is 41.1 Å². The number of nitrogens with zero attached hydrogens (tertiary/aromatic N) is 1. The fourth-order valence-electron chi connectivity index (χ4n) is 8.61. The molecule has 67 heavy (non-hydrogen) atoms. The molecule has 19 nitrogen and oxygen atoms in total. The second kappa shape index (κ2) is 29.7. The molecule has 2 heterocycles. The largest absolute Gasteiger partial charge is 0.481 e. The summed E-state index contributed by atoms with van der Waals surface area (Å²) < 4.78 is 13.5. The fraction of sp³-hybridized carbons (Fsp3) is 0.766. The molecular formula is C47H76FN7O12. The molecule has 0 aromatic heterocycles. The lowest BCUT2D eigenvalue weighted by Crippen LogP contribution is -2.45. The van der Waals surface area contributed by atoms with Crippen LogP contribution in [0.25, 0.3) is 0 Å². The lowest BCUT2D eigenvalue weighted by atomic mass is 9.88. The normalized spacial score (nSPS) is 19.2. The molecule has 0 spiro atoms. The molecule has 0 aromatic rings. The molecule has 0 radical (unpaired) electrons. The Morgan fingerprint density at radius 3 is 1.99 bits per heavy atom. The van der Waals surface area contributed by atoms with Gasteiger partial charge in [-0.1, -0.05) is 34.1 Å². The highest BCUT2D eigenvalue weighted by atomic mass is 19.1. The average Bonchev–Trinajstić information content (AvgIpc) is 3.93. The van der Waals surface area contributed by atoms with Crippen LogP contribution in [0.4, 0.5) is 4.39 Å². The molecular weight excluding hydrogens is 874 g/mol. The SMILES string of the molecule is CC(C)C[C@H](CC(=O)[C@H](CCC(N)=O)NC(=O)CCC(=O)[C@@H]1C[C@@H](F)CN1)C(=O)NCC(=O)C[C@@H](CC(C)C)C(=O)N[C@@H](C)C(=O)CCC(=O)N1CCC[C@H]1C(=O)C[C@@H](CCCCN)C(=O)O. The van der Waals surface area contributed by atoms with Gasteiger partial charge >= 0.3 is 5.97 Å². The van der Waals surface area contributed by atoms with Crippen LogP contribution in [0.1, 0.15) is 144 Å². The Hall–Kier alpha value is -4.98. The maximum absolute atomic E-state index is 13.6. The third kappa shape index (κ3) is 21.7. The van der Waals surface area contributed by atoms with E-state index in [-0.39, 0.29) is 107 Å².